The number of benzene rings is 2. The van der Waals surface area contributed by atoms with E-state index in [1.165, 1.54) is 0 Å². The van der Waals surface area contributed by atoms with Gasteiger partial charge in [-0.3, -0.25) is 9.67 Å². The van der Waals surface area contributed by atoms with Gasteiger partial charge in [-0.25, -0.2) is 0 Å². The Hall–Kier alpha value is -1.92. The molecule has 1 heterocycles. The van der Waals surface area contributed by atoms with Crippen molar-refractivity contribution >= 4 is 28.1 Å². The second-order valence-electron chi connectivity index (χ2n) is 5.74. The summed E-state index contributed by atoms with van der Waals surface area (Å²) < 4.78 is 9.26. The zero-order valence-corrected chi connectivity index (χ0v) is 15.9. The molecule has 3 rings (SSSR count). The largest absolute Gasteiger partial charge is 0.491 e. The van der Waals surface area contributed by atoms with Gasteiger partial charge in [0.05, 0.1) is 6.10 Å². The number of hydrogen-bond acceptors (Lipinski definition) is 3. The minimum Gasteiger partial charge on any atom is -0.491 e. The smallest absolute Gasteiger partial charge is 0.199 e. The quantitative estimate of drug-likeness (QED) is 0.604. The highest BCUT2D eigenvalue weighted by atomic mass is 79.9. The van der Waals surface area contributed by atoms with E-state index in [1.807, 2.05) is 54.8 Å². The zero-order chi connectivity index (χ0) is 17.1. The monoisotopic (exact) mass is 403 g/mol. The number of halogens is 1. The summed E-state index contributed by atoms with van der Waals surface area (Å²) in [5, 5.41) is 7.27. The van der Waals surface area contributed by atoms with Crippen LogP contribution < -0.4 is 4.74 Å². The average Bonchev–Trinajstić information content (AvgIpc) is 2.90. The molecule has 3 aromatic rings. The molecule has 0 atom stereocenters. The topological polar surface area (TPSA) is 42.8 Å². The third kappa shape index (κ3) is 3.94. The number of ether oxygens (including phenoxy) is 1. The summed E-state index contributed by atoms with van der Waals surface area (Å²) in [6.07, 6.45) is 0.857. The normalized spacial score (nSPS) is 11.0. The Labute approximate surface area is 154 Å². The van der Waals surface area contributed by atoms with Crippen LogP contribution in [0.3, 0.4) is 0 Å². The van der Waals surface area contributed by atoms with Gasteiger partial charge >= 0.3 is 0 Å². The summed E-state index contributed by atoms with van der Waals surface area (Å²) in [4.78, 5) is 0. The average molecular weight is 404 g/mol. The molecule has 0 amide bonds. The van der Waals surface area contributed by atoms with E-state index >= 15 is 0 Å². The van der Waals surface area contributed by atoms with E-state index in [9.17, 15) is 0 Å². The van der Waals surface area contributed by atoms with E-state index < -0.39 is 0 Å². The number of hydrogen-bond donors (Lipinski definition) is 1. The van der Waals surface area contributed by atoms with Gasteiger partial charge in [0.2, 0.25) is 0 Å². The van der Waals surface area contributed by atoms with Gasteiger partial charge in [0, 0.05) is 16.6 Å². The second kappa shape index (κ2) is 7.32. The fourth-order valence-corrected chi connectivity index (χ4v) is 2.97. The highest BCUT2D eigenvalue weighted by Crippen LogP contribution is 2.19. The van der Waals surface area contributed by atoms with Gasteiger partial charge in [0.1, 0.15) is 11.6 Å². The Morgan fingerprint density at radius 2 is 1.79 bits per heavy atom. The van der Waals surface area contributed by atoms with E-state index in [1.54, 1.807) is 0 Å². The van der Waals surface area contributed by atoms with Crippen LogP contribution in [0.2, 0.25) is 0 Å². The van der Waals surface area contributed by atoms with Crippen molar-refractivity contribution in [3.8, 4) is 11.4 Å². The molecule has 4 nitrogen and oxygen atoms in total. The molecule has 1 N–H and O–H groups in total. The molecule has 0 unspecified atom stereocenters. The first-order valence-corrected chi connectivity index (χ1v) is 8.91. The summed E-state index contributed by atoms with van der Waals surface area (Å²) in [6.45, 7) is 4.04. The summed E-state index contributed by atoms with van der Waals surface area (Å²) >= 11 is 8.84. The molecule has 6 heteroatoms. The van der Waals surface area contributed by atoms with Crippen LogP contribution in [0.1, 0.15) is 25.2 Å². The van der Waals surface area contributed by atoms with Crippen LogP contribution in [0.4, 0.5) is 0 Å². The lowest BCUT2D eigenvalue weighted by Crippen LogP contribution is -2.05. The third-order valence-corrected chi connectivity index (χ3v) is 4.29. The van der Waals surface area contributed by atoms with Crippen molar-refractivity contribution in [2.45, 2.75) is 26.4 Å². The Kier molecular flexibility index (Phi) is 5.16. The van der Waals surface area contributed by atoms with Crippen molar-refractivity contribution in [3.63, 3.8) is 0 Å². The van der Waals surface area contributed by atoms with Gasteiger partial charge in [0.25, 0.3) is 0 Å². The summed E-state index contributed by atoms with van der Waals surface area (Å²) in [5.74, 6) is 1.75. The Balaban J connectivity index is 1.86. The first kappa shape index (κ1) is 16.9. The van der Waals surface area contributed by atoms with Gasteiger partial charge < -0.3 is 4.74 Å². The van der Waals surface area contributed by atoms with Gasteiger partial charge in [-0.05, 0) is 68.0 Å². The van der Waals surface area contributed by atoms with Crippen LogP contribution in [0.5, 0.6) is 5.75 Å². The Morgan fingerprint density at radius 3 is 2.42 bits per heavy atom. The number of nitrogens with zero attached hydrogens (tertiary/aromatic N) is 2. The number of aromatic nitrogens is 3. The molecule has 0 aliphatic heterocycles. The van der Waals surface area contributed by atoms with Gasteiger partial charge in [0.15, 0.2) is 4.77 Å². The van der Waals surface area contributed by atoms with Crippen molar-refractivity contribution < 1.29 is 4.74 Å². The Bertz CT molecular complexity index is 867. The SMILES string of the molecule is CC(C)Oc1ccc(Cc2n[nH]c(=S)n2-c2ccc(Br)cc2)cc1. The Morgan fingerprint density at radius 1 is 1.12 bits per heavy atom. The van der Waals surface area contributed by atoms with Crippen molar-refractivity contribution in [2.24, 2.45) is 0 Å². The van der Waals surface area contributed by atoms with Crippen molar-refractivity contribution in [1.82, 2.24) is 14.8 Å². The summed E-state index contributed by atoms with van der Waals surface area (Å²) in [5.41, 5.74) is 2.14. The van der Waals surface area contributed by atoms with Crippen molar-refractivity contribution in [1.29, 1.82) is 0 Å². The highest BCUT2D eigenvalue weighted by Gasteiger charge is 2.09. The van der Waals surface area contributed by atoms with E-state index in [-0.39, 0.29) is 6.10 Å². The molecule has 0 bridgehead atoms. The molecule has 0 radical (unpaired) electrons. The lowest BCUT2D eigenvalue weighted by molar-refractivity contribution is 0.242. The molecule has 2 aromatic carbocycles. The fraction of sp³-hybridized carbons (Fsp3) is 0.222. The van der Waals surface area contributed by atoms with Crippen LogP contribution in [0, 0.1) is 4.77 Å². The molecule has 0 spiro atoms. The maximum absolute atomic E-state index is 5.68. The van der Waals surface area contributed by atoms with E-state index in [0.717, 1.165) is 27.3 Å². The van der Waals surface area contributed by atoms with Gasteiger partial charge in [-0.2, -0.15) is 5.10 Å². The number of aromatic amines is 1. The number of H-pyrrole nitrogens is 1. The van der Waals surface area contributed by atoms with E-state index in [4.69, 9.17) is 17.0 Å². The molecule has 24 heavy (non-hydrogen) atoms. The molecule has 0 aliphatic rings. The molecule has 0 saturated heterocycles. The maximum Gasteiger partial charge on any atom is 0.199 e. The third-order valence-electron chi connectivity index (χ3n) is 3.48. The molecule has 1 aromatic heterocycles. The molecular weight excluding hydrogens is 386 g/mol. The number of nitrogens with one attached hydrogen (secondary N) is 1. The first-order valence-electron chi connectivity index (χ1n) is 7.71. The van der Waals surface area contributed by atoms with Crippen LogP contribution >= 0.6 is 28.1 Å². The van der Waals surface area contributed by atoms with Crippen molar-refractivity contribution in [2.75, 3.05) is 0 Å². The standard InChI is InChI=1S/C18H18BrN3OS/c1-12(2)23-16-9-3-13(4-10-16)11-17-20-21-18(24)22(17)15-7-5-14(19)6-8-15/h3-10,12H,11H2,1-2H3,(H,21,24). The summed E-state index contributed by atoms with van der Waals surface area (Å²) in [7, 11) is 0. The molecule has 124 valence electrons. The fourth-order valence-electron chi connectivity index (χ4n) is 2.45. The zero-order valence-electron chi connectivity index (χ0n) is 13.5. The maximum atomic E-state index is 5.68. The van der Waals surface area contributed by atoms with Crippen molar-refractivity contribution in [3.05, 3.63) is 69.2 Å². The minimum atomic E-state index is 0.171. The lowest BCUT2D eigenvalue weighted by Gasteiger charge is -2.10. The molecule has 0 saturated carbocycles. The van der Waals surface area contributed by atoms with Gasteiger partial charge in [-0.15, -0.1) is 0 Å². The molecule has 0 aliphatic carbocycles. The van der Waals surface area contributed by atoms with E-state index in [2.05, 4.69) is 38.3 Å². The predicted molar refractivity (Wildman–Crippen MR) is 101 cm³/mol. The first-order chi connectivity index (χ1) is 11.5. The predicted octanol–water partition coefficient (Wildman–Crippen LogP) is 5.07. The highest BCUT2D eigenvalue weighted by molar-refractivity contribution is 9.10. The van der Waals surface area contributed by atoms with Crippen LogP contribution in [0.25, 0.3) is 5.69 Å². The van der Waals surface area contributed by atoms with Crippen LogP contribution in [-0.2, 0) is 6.42 Å². The minimum absolute atomic E-state index is 0.171. The molecule has 0 fully saturated rings. The van der Waals surface area contributed by atoms with E-state index in [0.29, 0.717) is 11.2 Å². The lowest BCUT2D eigenvalue weighted by atomic mass is 10.1. The number of rotatable bonds is 5. The van der Waals surface area contributed by atoms with Crippen LogP contribution in [-0.4, -0.2) is 20.9 Å². The second-order valence-corrected chi connectivity index (χ2v) is 7.05. The van der Waals surface area contributed by atoms with Crippen LogP contribution in [0.15, 0.2) is 53.0 Å². The van der Waals surface area contributed by atoms with Gasteiger partial charge in [-0.1, -0.05) is 28.1 Å². The summed E-state index contributed by atoms with van der Waals surface area (Å²) in [6, 6.07) is 16.1. The molecular formula is C18H18BrN3OS.